The summed E-state index contributed by atoms with van der Waals surface area (Å²) in [6, 6.07) is 12.4. The van der Waals surface area contributed by atoms with Crippen LogP contribution in [0.1, 0.15) is 25.0 Å². The maximum absolute atomic E-state index is 5.69. The highest BCUT2D eigenvalue weighted by Crippen LogP contribution is 2.20. The average Bonchev–Trinajstić information content (AvgIpc) is 2.97. The molecule has 2 aromatic rings. The number of likely N-dealkylation sites (tertiary alicyclic amines) is 1. The summed E-state index contributed by atoms with van der Waals surface area (Å²) >= 11 is 0. The van der Waals surface area contributed by atoms with Gasteiger partial charge in [0.2, 0.25) is 0 Å². The van der Waals surface area contributed by atoms with Gasteiger partial charge in [-0.1, -0.05) is 18.2 Å². The van der Waals surface area contributed by atoms with Gasteiger partial charge in [0.15, 0.2) is 0 Å². The van der Waals surface area contributed by atoms with Gasteiger partial charge in [0.1, 0.15) is 0 Å². The third-order valence-corrected chi connectivity index (χ3v) is 4.23. The van der Waals surface area contributed by atoms with Crippen LogP contribution in [0.15, 0.2) is 42.6 Å². The lowest BCUT2D eigenvalue weighted by atomic mass is 9.95. The average molecular weight is 321 g/mol. The van der Waals surface area contributed by atoms with Crippen LogP contribution in [0.2, 0.25) is 0 Å². The Kier molecular flexibility index (Phi) is 6.43. The lowest BCUT2D eigenvalue weighted by Gasteiger charge is -2.32. The summed E-state index contributed by atoms with van der Waals surface area (Å²) < 4.78 is 1.96. The first-order valence-corrected chi connectivity index (χ1v) is 7.87. The summed E-state index contributed by atoms with van der Waals surface area (Å²) in [7, 11) is 0. The zero-order chi connectivity index (χ0) is 14.5. The highest BCUT2D eigenvalue weighted by Gasteiger charge is 2.19. The molecule has 1 aromatic carbocycles. The number of rotatable bonds is 5. The van der Waals surface area contributed by atoms with Gasteiger partial charge < -0.3 is 5.73 Å². The number of nitrogens with two attached hydrogens (primary N) is 1. The van der Waals surface area contributed by atoms with Gasteiger partial charge in [-0.15, -0.1) is 12.4 Å². The molecule has 22 heavy (non-hydrogen) atoms. The molecule has 4 nitrogen and oxygen atoms in total. The summed E-state index contributed by atoms with van der Waals surface area (Å²) in [5, 5.41) is 4.70. The van der Waals surface area contributed by atoms with E-state index in [4.69, 9.17) is 10.8 Å². The van der Waals surface area contributed by atoms with E-state index in [1.165, 1.54) is 19.4 Å². The molecule has 120 valence electrons. The second-order valence-corrected chi connectivity index (χ2v) is 5.91. The molecule has 2 N–H and O–H groups in total. The van der Waals surface area contributed by atoms with Crippen LogP contribution in [-0.4, -0.2) is 34.3 Å². The Morgan fingerprint density at radius 3 is 2.77 bits per heavy atom. The maximum Gasteiger partial charge on any atom is 0.0769 e. The molecule has 2 heterocycles. The minimum Gasteiger partial charge on any atom is -0.330 e. The van der Waals surface area contributed by atoms with Gasteiger partial charge in [-0.3, -0.25) is 4.90 Å². The highest BCUT2D eigenvalue weighted by molar-refractivity contribution is 5.85. The van der Waals surface area contributed by atoms with E-state index < -0.39 is 0 Å². The lowest BCUT2D eigenvalue weighted by Crippen LogP contribution is -2.35. The fraction of sp³-hybridized carbons (Fsp3) is 0.471. The van der Waals surface area contributed by atoms with Crippen LogP contribution in [0, 0.1) is 5.92 Å². The van der Waals surface area contributed by atoms with E-state index in [0.717, 1.165) is 43.4 Å². The number of piperidine rings is 1. The number of aromatic nitrogens is 2. The Balaban J connectivity index is 0.00000176. The summed E-state index contributed by atoms with van der Waals surface area (Å²) in [4.78, 5) is 2.52. The molecule has 1 aliphatic rings. The Labute approximate surface area is 138 Å². The van der Waals surface area contributed by atoms with Crippen molar-refractivity contribution in [3.8, 4) is 5.69 Å². The highest BCUT2D eigenvalue weighted by atomic mass is 35.5. The second kappa shape index (κ2) is 8.32. The maximum atomic E-state index is 5.69. The van der Waals surface area contributed by atoms with E-state index in [1.54, 1.807) is 0 Å². The third kappa shape index (κ3) is 4.32. The fourth-order valence-corrected chi connectivity index (χ4v) is 3.17. The van der Waals surface area contributed by atoms with Gasteiger partial charge in [0, 0.05) is 19.3 Å². The number of para-hydroxylation sites is 1. The van der Waals surface area contributed by atoms with Crippen molar-refractivity contribution in [3.63, 3.8) is 0 Å². The van der Waals surface area contributed by atoms with Crippen molar-refractivity contribution < 1.29 is 0 Å². The number of benzene rings is 1. The molecule has 0 radical (unpaired) electrons. The van der Waals surface area contributed by atoms with E-state index in [9.17, 15) is 0 Å². The molecule has 5 heteroatoms. The van der Waals surface area contributed by atoms with Gasteiger partial charge in [-0.05, 0) is 56.5 Å². The molecular formula is C17H25ClN4. The van der Waals surface area contributed by atoms with Crippen LogP contribution >= 0.6 is 12.4 Å². The van der Waals surface area contributed by atoms with Crippen molar-refractivity contribution >= 4 is 12.4 Å². The Morgan fingerprint density at radius 2 is 2.00 bits per heavy atom. The normalized spacial score (nSPS) is 18.9. The molecule has 0 aliphatic carbocycles. The van der Waals surface area contributed by atoms with Gasteiger partial charge in [0.05, 0.1) is 11.4 Å². The van der Waals surface area contributed by atoms with Crippen molar-refractivity contribution in [2.45, 2.75) is 25.8 Å². The molecule has 0 amide bonds. The summed E-state index contributed by atoms with van der Waals surface area (Å²) in [5.74, 6) is 0.764. The molecule has 0 saturated carbocycles. The van der Waals surface area contributed by atoms with Crippen molar-refractivity contribution in [2.24, 2.45) is 11.7 Å². The number of halogens is 1. The summed E-state index contributed by atoms with van der Waals surface area (Å²) in [6.07, 6.45) is 5.80. The van der Waals surface area contributed by atoms with Gasteiger partial charge in [-0.25, -0.2) is 4.68 Å². The van der Waals surface area contributed by atoms with E-state index in [2.05, 4.69) is 23.1 Å². The molecule has 1 unspecified atom stereocenters. The van der Waals surface area contributed by atoms with Crippen LogP contribution < -0.4 is 5.73 Å². The minimum atomic E-state index is 0. The van der Waals surface area contributed by atoms with E-state index in [0.29, 0.717) is 0 Å². The first-order valence-electron chi connectivity index (χ1n) is 7.87. The third-order valence-electron chi connectivity index (χ3n) is 4.23. The SMILES string of the molecule is Cl.NCCC1CCCN(Cc2ccn(-c3ccccc3)n2)C1. The molecular weight excluding hydrogens is 296 g/mol. The van der Waals surface area contributed by atoms with Gasteiger partial charge >= 0.3 is 0 Å². The van der Waals surface area contributed by atoms with Crippen LogP contribution in [0.5, 0.6) is 0 Å². The summed E-state index contributed by atoms with van der Waals surface area (Å²) in [5.41, 5.74) is 7.95. The van der Waals surface area contributed by atoms with Crippen LogP contribution in [-0.2, 0) is 6.54 Å². The zero-order valence-corrected chi connectivity index (χ0v) is 13.7. The van der Waals surface area contributed by atoms with Gasteiger partial charge in [-0.2, -0.15) is 5.10 Å². The predicted molar refractivity (Wildman–Crippen MR) is 92.5 cm³/mol. The number of nitrogens with zero attached hydrogens (tertiary/aromatic N) is 3. The quantitative estimate of drug-likeness (QED) is 0.921. The standard InChI is InChI=1S/C17H24N4.ClH/c18-10-8-15-5-4-11-20(13-15)14-16-9-12-21(19-16)17-6-2-1-3-7-17;/h1-3,6-7,9,12,15H,4-5,8,10-11,13-14,18H2;1H. The van der Waals surface area contributed by atoms with E-state index in [-0.39, 0.29) is 12.4 Å². The van der Waals surface area contributed by atoms with Crippen molar-refractivity contribution in [1.29, 1.82) is 0 Å². The Morgan fingerprint density at radius 1 is 1.18 bits per heavy atom. The number of hydrogen-bond donors (Lipinski definition) is 1. The fourth-order valence-electron chi connectivity index (χ4n) is 3.17. The molecule has 0 bridgehead atoms. The lowest BCUT2D eigenvalue weighted by molar-refractivity contribution is 0.161. The van der Waals surface area contributed by atoms with Crippen LogP contribution in [0.4, 0.5) is 0 Å². The molecule has 1 saturated heterocycles. The summed E-state index contributed by atoms with van der Waals surface area (Å²) in [6.45, 7) is 4.09. The topological polar surface area (TPSA) is 47.1 Å². The van der Waals surface area contributed by atoms with E-state index >= 15 is 0 Å². The molecule has 1 aromatic heterocycles. The zero-order valence-electron chi connectivity index (χ0n) is 12.9. The Hall–Kier alpha value is -1.36. The first-order chi connectivity index (χ1) is 10.3. The van der Waals surface area contributed by atoms with Crippen LogP contribution in [0.25, 0.3) is 5.69 Å². The minimum absolute atomic E-state index is 0. The Bertz CT molecular complexity index is 553. The van der Waals surface area contributed by atoms with Crippen molar-refractivity contribution in [3.05, 3.63) is 48.3 Å². The number of hydrogen-bond acceptors (Lipinski definition) is 3. The molecule has 1 fully saturated rings. The molecule has 3 rings (SSSR count). The molecule has 0 spiro atoms. The predicted octanol–water partition coefficient (Wildman–Crippen LogP) is 2.85. The molecule has 1 atom stereocenters. The molecule has 1 aliphatic heterocycles. The van der Waals surface area contributed by atoms with Crippen LogP contribution in [0.3, 0.4) is 0 Å². The smallest absolute Gasteiger partial charge is 0.0769 e. The van der Waals surface area contributed by atoms with E-state index in [1.807, 2.05) is 29.1 Å². The largest absolute Gasteiger partial charge is 0.330 e. The van der Waals surface area contributed by atoms with Crippen molar-refractivity contribution in [1.82, 2.24) is 14.7 Å². The second-order valence-electron chi connectivity index (χ2n) is 5.91. The first kappa shape index (κ1) is 17.0. The monoisotopic (exact) mass is 320 g/mol. The van der Waals surface area contributed by atoms with Gasteiger partial charge in [0.25, 0.3) is 0 Å². The van der Waals surface area contributed by atoms with Crippen molar-refractivity contribution in [2.75, 3.05) is 19.6 Å².